The van der Waals surface area contributed by atoms with Gasteiger partial charge in [-0.05, 0) is 41.0 Å². The van der Waals surface area contributed by atoms with Gasteiger partial charge in [0.2, 0.25) is 15.6 Å². The van der Waals surface area contributed by atoms with Gasteiger partial charge < -0.3 is 9.84 Å². The van der Waals surface area contributed by atoms with E-state index in [4.69, 9.17) is 4.74 Å². The molecule has 0 saturated carbocycles. The van der Waals surface area contributed by atoms with Gasteiger partial charge >= 0.3 is 10.1 Å². The Morgan fingerprint density at radius 1 is 1.17 bits per heavy atom. The Morgan fingerprint density at radius 2 is 1.86 bits per heavy atom. The maximum Gasteiger partial charge on any atom is 0.358 e. The Hall–Kier alpha value is -2.73. The summed E-state index contributed by atoms with van der Waals surface area (Å²) in [5, 5.41) is 15.8. The molecule has 12 heteroatoms. The number of hydrogen-bond donors (Lipinski definition) is 1. The summed E-state index contributed by atoms with van der Waals surface area (Å²) in [6.45, 7) is 2.16. The largest absolute Gasteiger partial charge is 0.497 e. The molecule has 0 aliphatic heterocycles. The van der Waals surface area contributed by atoms with Gasteiger partial charge in [0.05, 0.1) is 7.11 Å². The van der Waals surface area contributed by atoms with Crippen molar-refractivity contribution in [3.05, 3.63) is 44.2 Å². The SMILES string of the molecule is CCCCCCn1c(O)c(N=O)sc(=NOS(=O)(=O)c2ccc(OC)cc2)c1=O. The van der Waals surface area contributed by atoms with E-state index in [0.717, 1.165) is 23.8 Å². The summed E-state index contributed by atoms with van der Waals surface area (Å²) in [5.74, 6) is -0.127. The fourth-order valence-corrected chi connectivity index (χ4v) is 3.87. The molecule has 0 unspecified atom stereocenters. The van der Waals surface area contributed by atoms with Crippen LogP contribution >= 0.6 is 11.3 Å². The third-order valence-electron chi connectivity index (χ3n) is 3.95. The number of rotatable bonds is 10. The number of aromatic hydroxyl groups is 1. The molecule has 2 rings (SSSR count). The van der Waals surface area contributed by atoms with Crippen LogP contribution in [-0.2, 0) is 20.9 Å². The molecule has 29 heavy (non-hydrogen) atoms. The van der Waals surface area contributed by atoms with Gasteiger partial charge in [-0.25, -0.2) is 0 Å². The lowest BCUT2D eigenvalue weighted by Gasteiger charge is -2.08. The van der Waals surface area contributed by atoms with E-state index in [9.17, 15) is 23.2 Å². The predicted octanol–water partition coefficient (Wildman–Crippen LogP) is 2.82. The van der Waals surface area contributed by atoms with Gasteiger partial charge in [-0.3, -0.25) is 13.6 Å². The zero-order valence-electron chi connectivity index (χ0n) is 15.9. The van der Waals surface area contributed by atoms with Crippen molar-refractivity contribution in [3.8, 4) is 11.6 Å². The summed E-state index contributed by atoms with van der Waals surface area (Å²) < 4.78 is 34.6. The highest BCUT2D eigenvalue weighted by Crippen LogP contribution is 2.27. The monoisotopic (exact) mass is 443 g/mol. The second kappa shape index (κ2) is 10.2. The van der Waals surface area contributed by atoms with Crippen molar-refractivity contribution in [3.63, 3.8) is 0 Å². The molecule has 0 saturated heterocycles. The fraction of sp³-hybridized carbons (Fsp3) is 0.412. The normalized spacial score (nSPS) is 12.0. The summed E-state index contributed by atoms with van der Waals surface area (Å²) in [6, 6.07) is 5.37. The summed E-state index contributed by atoms with van der Waals surface area (Å²) in [5.41, 5.74) is -0.777. The van der Waals surface area contributed by atoms with Crippen LogP contribution in [0, 0.1) is 4.91 Å². The molecule has 1 aromatic heterocycles. The second-order valence-electron chi connectivity index (χ2n) is 5.94. The summed E-state index contributed by atoms with van der Waals surface area (Å²) in [7, 11) is -2.86. The number of ether oxygens (including phenoxy) is 1. The molecule has 0 fully saturated rings. The Kier molecular flexibility index (Phi) is 7.91. The van der Waals surface area contributed by atoms with Crippen LogP contribution in [0.2, 0.25) is 0 Å². The average molecular weight is 444 g/mol. The number of nitrogens with zero attached hydrogens (tertiary/aromatic N) is 3. The molecule has 158 valence electrons. The van der Waals surface area contributed by atoms with Crippen LogP contribution in [0.15, 0.2) is 44.3 Å². The quantitative estimate of drug-likeness (QED) is 0.339. The van der Waals surface area contributed by atoms with Crippen LogP contribution in [0.1, 0.15) is 32.6 Å². The van der Waals surface area contributed by atoms with Crippen LogP contribution < -0.4 is 15.0 Å². The first kappa shape index (κ1) is 22.6. The van der Waals surface area contributed by atoms with Gasteiger partial charge in [0.1, 0.15) is 10.6 Å². The number of nitroso groups, excluding NO2 is 1. The van der Waals surface area contributed by atoms with Gasteiger partial charge in [0.25, 0.3) is 5.56 Å². The number of aromatic nitrogens is 1. The van der Waals surface area contributed by atoms with E-state index < -0.39 is 31.2 Å². The van der Waals surface area contributed by atoms with Crippen LogP contribution in [-0.4, -0.2) is 25.2 Å². The molecule has 10 nitrogen and oxygen atoms in total. The summed E-state index contributed by atoms with van der Waals surface area (Å²) in [6.07, 6.45) is 3.33. The molecular formula is C17H21N3O7S2. The van der Waals surface area contributed by atoms with E-state index in [1.807, 2.05) is 6.92 Å². The smallest absolute Gasteiger partial charge is 0.358 e. The molecule has 0 aliphatic carbocycles. The summed E-state index contributed by atoms with van der Waals surface area (Å²) >= 11 is 0.437. The Bertz CT molecular complexity index is 1070. The highest BCUT2D eigenvalue weighted by molar-refractivity contribution is 7.86. The highest BCUT2D eigenvalue weighted by atomic mass is 32.2. The van der Waals surface area contributed by atoms with Crippen molar-refractivity contribution >= 4 is 26.5 Å². The number of methoxy groups -OCH3 is 1. The van der Waals surface area contributed by atoms with E-state index in [1.54, 1.807) is 0 Å². The average Bonchev–Trinajstić information content (AvgIpc) is 2.72. The van der Waals surface area contributed by atoms with E-state index in [0.29, 0.717) is 23.5 Å². The number of hydrogen-bond acceptors (Lipinski definition) is 10. The van der Waals surface area contributed by atoms with Crippen molar-refractivity contribution in [1.29, 1.82) is 0 Å². The van der Waals surface area contributed by atoms with Gasteiger partial charge in [0.15, 0.2) is 0 Å². The zero-order chi connectivity index (χ0) is 21.4. The maximum absolute atomic E-state index is 12.5. The number of unbranched alkanes of at least 4 members (excludes halogenated alkanes) is 3. The molecule has 2 aromatic rings. The van der Waals surface area contributed by atoms with Crippen molar-refractivity contribution in [2.45, 2.75) is 44.0 Å². The third kappa shape index (κ3) is 5.64. The van der Waals surface area contributed by atoms with Gasteiger partial charge in [-0.15, -0.1) is 4.91 Å². The Labute approximate surface area is 171 Å². The molecule has 0 radical (unpaired) electrons. The Morgan fingerprint density at radius 3 is 2.45 bits per heavy atom. The minimum absolute atomic E-state index is 0.133. The molecule has 1 N–H and O–H groups in total. The van der Waals surface area contributed by atoms with E-state index in [-0.39, 0.29) is 11.4 Å². The third-order valence-corrected chi connectivity index (χ3v) is 5.97. The summed E-state index contributed by atoms with van der Waals surface area (Å²) in [4.78, 5) is 23.3. The first-order valence-electron chi connectivity index (χ1n) is 8.76. The van der Waals surface area contributed by atoms with Crippen molar-refractivity contribution in [2.24, 2.45) is 10.3 Å². The van der Waals surface area contributed by atoms with Crippen LogP contribution in [0.3, 0.4) is 0 Å². The molecule has 1 aromatic carbocycles. The van der Waals surface area contributed by atoms with E-state index in [2.05, 4.69) is 14.6 Å². The molecular weight excluding hydrogens is 422 g/mol. The van der Waals surface area contributed by atoms with Crippen LogP contribution in [0.4, 0.5) is 5.00 Å². The second-order valence-corrected chi connectivity index (χ2v) is 8.45. The van der Waals surface area contributed by atoms with Crippen molar-refractivity contribution in [2.75, 3.05) is 7.11 Å². The van der Waals surface area contributed by atoms with Gasteiger partial charge in [-0.1, -0.05) is 37.5 Å². The van der Waals surface area contributed by atoms with Crippen molar-refractivity contribution in [1.82, 2.24) is 4.57 Å². The van der Waals surface area contributed by atoms with Gasteiger partial charge in [0, 0.05) is 6.54 Å². The highest BCUT2D eigenvalue weighted by Gasteiger charge is 2.18. The molecule has 0 aliphatic rings. The van der Waals surface area contributed by atoms with Crippen LogP contribution in [0.5, 0.6) is 11.6 Å². The zero-order valence-corrected chi connectivity index (χ0v) is 17.5. The maximum atomic E-state index is 12.5. The van der Waals surface area contributed by atoms with Gasteiger partial charge in [-0.2, -0.15) is 8.42 Å². The van der Waals surface area contributed by atoms with E-state index >= 15 is 0 Å². The van der Waals surface area contributed by atoms with E-state index in [1.165, 1.54) is 31.4 Å². The lowest BCUT2D eigenvalue weighted by Crippen LogP contribution is -2.33. The molecule has 0 spiro atoms. The standard InChI is InChI=1S/C17H21N3O7S2/c1-3-4-5-6-11-20-16(21)14(18-23)28-15(17(20)22)19-27-29(24,25)13-9-7-12(26-2)8-10-13/h7-10,21H,3-6,11H2,1-2H3. The fourth-order valence-electron chi connectivity index (χ4n) is 2.40. The molecule has 0 amide bonds. The minimum Gasteiger partial charge on any atom is -0.497 e. The first-order chi connectivity index (χ1) is 13.8. The van der Waals surface area contributed by atoms with Crippen LogP contribution in [0.25, 0.3) is 0 Å². The molecule has 0 atom stereocenters. The first-order valence-corrected chi connectivity index (χ1v) is 11.0. The number of benzene rings is 1. The molecule has 1 heterocycles. The predicted molar refractivity (Wildman–Crippen MR) is 107 cm³/mol. The Balaban J connectivity index is 2.37. The lowest BCUT2D eigenvalue weighted by molar-refractivity contribution is 0.324. The lowest BCUT2D eigenvalue weighted by atomic mass is 10.2. The van der Waals surface area contributed by atoms with Crippen molar-refractivity contribution < 1.29 is 22.5 Å². The molecule has 0 bridgehead atoms. The minimum atomic E-state index is -4.30. The topological polar surface area (TPSA) is 137 Å².